The van der Waals surface area contributed by atoms with Gasteiger partial charge in [0.15, 0.2) is 11.6 Å². The van der Waals surface area contributed by atoms with Gasteiger partial charge < -0.3 is 25.8 Å². The summed E-state index contributed by atoms with van der Waals surface area (Å²) in [6, 6.07) is 6.51. The number of nitrogens with zero attached hydrogens (tertiary/aromatic N) is 2. The molecule has 0 unspecified atom stereocenters. The fraction of sp³-hybridized carbons (Fsp3) is 0.320. The third-order valence-corrected chi connectivity index (χ3v) is 6.31. The van der Waals surface area contributed by atoms with Gasteiger partial charge in [0.05, 0.1) is 28.9 Å². The van der Waals surface area contributed by atoms with Crippen LogP contribution < -0.4 is 16.0 Å². The number of aromatic nitrogens is 2. The van der Waals surface area contributed by atoms with Gasteiger partial charge >= 0.3 is 5.97 Å². The lowest BCUT2D eigenvalue weighted by Crippen LogP contribution is -2.49. The number of amides is 2. The first-order valence-electron chi connectivity index (χ1n) is 11.5. The van der Waals surface area contributed by atoms with E-state index in [4.69, 9.17) is 4.74 Å². The van der Waals surface area contributed by atoms with Crippen LogP contribution in [-0.4, -0.2) is 59.1 Å². The summed E-state index contributed by atoms with van der Waals surface area (Å²) < 4.78 is 18.0. The molecule has 0 fully saturated rings. The molecule has 1 atom stereocenters. The largest absolute Gasteiger partial charge is 0.505 e. The Bertz CT molecular complexity index is 1250. The van der Waals surface area contributed by atoms with E-state index in [0.717, 1.165) is 5.56 Å². The minimum atomic E-state index is -1.11. The molecule has 12 heteroatoms. The number of aromatic hydroxyl groups is 1. The number of halogens is 1. The van der Waals surface area contributed by atoms with Crippen LogP contribution in [0.5, 0.6) is 5.75 Å². The highest BCUT2D eigenvalue weighted by atomic mass is 32.1. The quantitative estimate of drug-likeness (QED) is 0.219. The second kappa shape index (κ2) is 12.8. The maximum atomic E-state index is 13.2. The molecule has 196 valence electrons. The number of benzene rings is 1. The molecule has 2 aromatic heterocycles. The van der Waals surface area contributed by atoms with E-state index in [1.807, 2.05) is 0 Å². The van der Waals surface area contributed by atoms with Gasteiger partial charge in [0.25, 0.3) is 11.8 Å². The lowest BCUT2D eigenvalue weighted by molar-refractivity contribution is -0.142. The zero-order valence-electron chi connectivity index (χ0n) is 20.6. The zero-order valence-corrected chi connectivity index (χ0v) is 21.4. The fourth-order valence-electron chi connectivity index (χ4n) is 3.59. The highest BCUT2D eigenvalue weighted by molar-refractivity contribution is 7.12. The smallest absolute Gasteiger partial charge is 0.330 e. The summed E-state index contributed by atoms with van der Waals surface area (Å²) in [4.78, 5) is 46.6. The first-order chi connectivity index (χ1) is 17.7. The van der Waals surface area contributed by atoms with Crippen LogP contribution in [0.25, 0.3) is 0 Å². The summed E-state index contributed by atoms with van der Waals surface area (Å²) in [6.07, 6.45) is 1.28. The van der Waals surface area contributed by atoms with Crippen molar-refractivity contribution in [1.29, 1.82) is 0 Å². The summed E-state index contributed by atoms with van der Waals surface area (Å²) in [6.45, 7) is 3.67. The number of rotatable bonds is 11. The van der Waals surface area contributed by atoms with Crippen molar-refractivity contribution in [3.8, 4) is 5.75 Å². The molecule has 3 rings (SSSR count). The minimum absolute atomic E-state index is 0.153. The maximum absolute atomic E-state index is 13.2. The third kappa shape index (κ3) is 7.46. The van der Waals surface area contributed by atoms with Gasteiger partial charge in [-0.2, -0.15) is 0 Å². The molecule has 0 aliphatic carbocycles. The molecule has 1 aromatic carbocycles. The molecular formula is C25H28FN5O5S. The summed E-state index contributed by atoms with van der Waals surface area (Å²) in [5.74, 6) is -2.34. The second-order valence-corrected chi connectivity index (χ2v) is 9.09. The number of phenols is 1. The van der Waals surface area contributed by atoms with E-state index in [1.54, 1.807) is 37.4 Å². The van der Waals surface area contributed by atoms with E-state index in [1.165, 1.54) is 30.6 Å². The number of carbonyl (C=O) groups excluding carboxylic acids is 3. The van der Waals surface area contributed by atoms with Crippen LogP contribution in [0.3, 0.4) is 0 Å². The number of anilines is 1. The molecule has 0 saturated carbocycles. The second-order valence-electron chi connectivity index (χ2n) is 8.15. The first kappa shape index (κ1) is 27.5. The summed E-state index contributed by atoms with van der Waals surface area (Å²) in [5, 5.41) is 19.5. The molecule has 0 aliphatic rings. The van der Waals surface area contributed by atoms with Crippen molar-refractivity contribution in [3.63, 3.8) is 0 Å². The van der Waals surface area contributed by atoms with Crippen molar-refractivity contribution in [2.75, 3.05) is 25.5 Å². The van der Waals surface area contributed by atoms with Crippen molar-refractivity contribution in [3.05, 3.63) is 68.9 Å². The Kier molecular flexibility index (Phi) is 9.50. The van der Waals surface area contributed by atoms with Crippen LogP contribution in [-0.2, 0) is 16.0 Å². The van der Waals surface area contributed by atoms with Crippen LogP contribution in [0.1, 0.15) is 43.4 Å². The Hall–Kier alpha value is -4.06. The fourth-order valence-corrected chi connectivity index (χ4v) is 4.23. The number of ether oxygens (including phenoxy) is 1. The first-order valence-corrected chi connectivity index (χ1v) is 12.3. The van der Waals surface area contributed by atoms with E-state index in [-0.39, 0.29) is 23.8 Å². The highest BCUT2D eigenvalue weighted by Gasteiger charge is 2.25. The van der Waals surface area contributed by atoms with Gasteiger partial charge in [-0.1, -0.05) is 12.1 Å². The number of methoxy groups -OCH3 is 1. The molecule has 10 nitrogen and oxygen atoms in total. The maximum Gasteiger partial charge on any atom is 0.330 e. The number of carbonyl (C=O) groups is 3. The van der Waals surface area contributed by atoms with Crippen LogP contribution in [0.15, 0.2) is 35.7 Å². The molecule has 0 aliphatic heterocycles. The summed E-state index contributed by atoms with van der Waals surface area (Å²) in [5.41, 5.74) is 1.82. The summed E-state index contributed by atoms with van der Waals surface area (Å²) in [7, 11) is 1.20. The lowest BCUT2D eigenvalue weighted by atomic mass is 10.1. The highest BCUT2D eigenvalue weighted by Crippen LogP contribution is 2.18. The summed E-state index contributed by atoms with van der Waals surface area (Å²) >= 11 is 1.26. The molecule has 2 heterocycles. The lowest BCUT2D eigenvalue weighted by Gasteiger charge is -2.18. The molecule has 0 radical (unpaired) electrons. The molecule has 0 bridgehead atoms. The number of phenolic OH excluding ortho intramolecular Hbond substituents is 1. The van der Waals surface area contributed by atoms with Crippen LogP contribution >= 0.6 is 11.3 Å². The molecule has 0 spiro atoms. The average molecular weight is 530 g/mol. The Morgan fingerprint density at radius 1 is 1.14 bits per heavy atom. The van der Waals surface area contributed by atoms with Gasteiger partial charge in [0.1, 0.15) is 6.04 Å². The number of esters is 1. The zero-order chi connectivity index (χ0) is 26.9. The van der Waals surface area contributed by atoms with Crippen molar-refractivity contribution in [1.82, 2.24) is 20.6 Å². The van der Waals surface area contributed by atoms with Gasteiger partial charge in [0, 0.05) is 13.1 Å². The number of aryl methyl sites for hydroxylation is 3. The van der Waals surface area contributed by atoms with Gasteiger partial charge in [-0.15, -0.1) is 11.3 Å². The predicted octanol–water partition coefficient (Wildman–Crippen LogP) is 2.75. The average Bonchev–Trinajstić information content (AvgIpc) is 3.40. The van der Waals surface area contributed by atoms with E-state index in [0.29, 0.717) is 41.6 Å². The molecule has 4 N–H and O–H groups in total. The van der Waals surface area contributed by atoms with E-state index >= 15 is 0 Å². The minimum Gasteiger partial charge on any atom is -0.505 e. The Morgan fingerprint density at radius 3 is 2.49 bits per heavy atom. The topological polar surface area (TPSA) is 143 Å². The third-order valence-electron chi connectivity index (χ3n) is 5.44. The van der Waals surface area contributed by atoms with Crippen LogP contribution in [0, 0.1) is 19.7 Å². The number of thiophene rings is 1. The van der Waals surface area contributed by atoms with E-state index in [9.17, 15) is 23.9 Å². The normalized spacial score (nSPS) is 11.5. The molecule has 0 saturated heterocycles. The van der Waals surface area contributed by atoms with Gasteiger partial charge in [-0.3, -0.25) is 9.59 Å². The van der Waals surface area contributed by atoms with Gasteiger partial charge in [-0.05, 0) is 55.8 Å². The van der Waals surface area contributed by atoms with Crippen molar-refractivity contribution >= 4 is 35.1 Å². The van der Waals surface area contributed by atoms with E-state index in [2.05, 4.69) is 25.9 Å². The van der Waals surface area contributed by atoms with Crippen molar-refractivity contribution in [2.45, 2.75) is 32.7 Å². The Balaban J connectivity index is 1.59. The van der Waals surface area contributed by atoms with Crippen LogP contribution in [0.2, 0.25) is 0 Å². The number of nitrogens with one attached hydrogen (secondary N) is 3. The number of hydrogen-bond acceptors (Lipinski definition) is 9. The standard InChI is InChI=1S/C25H28FN5O5S/c1-14-21(23(34)31-18(24(35)36-3)13-28-22(33)20-7-5-11-37-20)15(2)30-25(29-14)27-10-4-6-16-8-9-17(26)19(32)12-16/h5,7-9,11-12,18,32H,4,6,10,13H2,1-3H3,(H,28,33)(H,31,34)(H,27,29,30)/t18-/m0/s1. The Labute approximate surface area is 217 Å². The van der Waals surface area contributed by atoms with E-state index < -0.39 is 23.7 Å². The molecule has 2 amide bonds. The van der Waals surface area contributed by atoms with Gasteiger partial charge in [-0.25, -0.2) is 19.2 Å². The predicted molar refractivity (Wildman–Crippen MR) is 136 cm³/mol. The Morgan fingerprint density at radius 2 is 1.86 bits per heavy atom. The van der Waals surface area contributed by atoms with Gasteiger partial charge in [0.2, 0.25) is 5.95 Å². The molecule has 3 aromatic rings. The van der Waals surface area contributed by atoms with Crippen molar-refractivity contribution < 1.29 is 28.6 Å². The molecule has 37 heavy (non-hydrogen) atoms. The molecular weight excluding hydrogens is 501 g/mol. The SMILES string of the molecule is COC(=O)[C@H](CNC(=O)c1cccs1)NC(=O)c1c(C)nc(NCCCc2ccc(F)c(O)c2)nc1C. The van der Waals surface area contributed by atoms with Crippen molar-refractivity contribution in [2.24, 2.45) is 0 Å². The monoisotopic (exact) mass is 529 g/mol. The number of hydrogen-bond donors (Lipinski definition) is 4. The van der Waals surface area contributed by atoms with Crippen LogP contribution in [0.4, 0.5) is 10.3 Å².